The molecule has 0 saturated carbocycles. The van der Waals surface area contributed by atoms with Crippen molar-refractivity contribution in [2.24, 2.45) is 0 Å². The molecule has 0 saturated heterocycles. The summed E-state index contributed by atoms with van der Waals surface area (Å²) in [7, 11) is 0. The summed E-state index contributed by atoms with van der Waals surface area (Å²) < 4.78 is 18.3. The van der Waals surface area contributed by atoms with Gasteiger partial charge >= 0.3 is 0 Å². The summed E-state index contributed by atoms with van der Waals surface area (Å²) in [5.41, 5.74) is 2.96. The fraction of sp³-hybridized carbons (Fsp3) is 0.200. The Morgan fingerprint density at radius 1 is 0.839 bits per heavy atom. The maximum Gasteiger partial charge on any atom is 0.262 e. The van der Waals surface area contributed by atoms with Crippen molar-refractivity contribution in [1.29, 1.82) is 0 Å². The number of rotatable bonds is 9. The zero-order chi connectivity index (χ0) is 22.1. The molecule has 5 nitrogen and oxygen atoms in total. The van der Waals surface area contributed by atoms with Crippen LogP contribution in [0.1, 0.15) is 35.7 Å². The van der Waals surface area contributed by atoms with Crippen LogP contribution >= 0.6 is 0 Å². The van der Waals surface area contributed by atoms with Gasteiger partial charge in [-0.05, 0) is 79.1 Å². The number of benzene rings is 3. The number of carbonyl (C=O) groups excluding carboxylic acids is 2. The smallest absolute Gasteiger partial charge is 0.262 e. The highest BCUT2D eigenvalue weighted by atomic mass is 19.1. The monoisotopic (exact) mass is 420 g/mol. The molecule has 0 radical (unpaired) electrons. The topological polar surface area (TPSA) is 67.4 Å². The van der Waals surface area contributed by atoms with Crippen LogP contribution in [0.4, 0.5) is 15.8 Å². The van der Waals surface area contributed by atoms with Crippen LogP contribution in [-0.4, -0.2) is 18.4 Å². The van der Waals surface area contributed by atoms with Crippen molar-refractivity contribution in [1.82, 2.24) is 0 Å². The van der Waals surface area contributed by atoms with E-state index in [0.717, 1.165) is 24.9 Å². The lowest BCUT2D eigenvalue weighted by Crippen LogP contribution is -2.20. The van der Waals surface area contributed by atoms with Gasteiger partial charge in [0.2, 0.25) is 0 Å². The molecule has 3 aromatic rings. The summed E-state index contributed by atoms with van der Waals surface area (Å²) in [6.45, 7) is 1.96. The van der Waals surface area contributed by atoms with Gasteiger partial charge in [-0.25, -0.2) is 4.39 Å². The SMILES string of the molecule is CCCCc1ccc(NC(=O)c2ccc(OCC(=O)Nc3ccc(F)cc3)cc2)cc1. The van der Waals surface area contributed by atoms with Crippen LogP contribution in [0, 0.1) is 5.82 Å². The van der Waals surface area contributed by atoms with Gasteiger partial charge in [-0.15, -0.1) is 0 Å². The van der Waals surface area contributed by atoms with Gasteiger partial charge in [0, 0.05) is 16.9 Å². The van der Waals surface area contributed by atoms with Gasteiger partial charge in [0.15, 0.2) is 6.61 Å². The Labute approximate surface area is 181 Å². The molecule has 0 spiro atoms. The minimum atomic E-state index is -0.373. The molecular weight excluding hydrogens is 395 g/mol. The van der Waals surface area contributed by atoms with E-state index in [-0.39, 0.29) is 24.2 Å². The Balaban J connectivity index is 1.48. The summed E-state index contributed by atoms with van der Waals surface area (Å²) >= 11 is 0. The number of nitrogens with one attached hydrogen (secondary N) is 2. The first-order valence-corrected chi connectivity index (χ1v) is 10.2. The molecule has 3 rings (SSSR count). The number of unbranched alkanes of at least 4 members (excludes halogenated alkanes) is 1. The highest BCUT2D eigenvalue weighted by Gasteiger charge is 2.08. The molecule has 0 heterocycles. The molecule has 31 heavy (non-hydrogen) atoms. The van der Waals surface area contributed by atoms with E-state index < -0.39 is 0 Å². The molecule has 3 aromatic carbocycles. The highest BCUT2D eigenvalue weighted by Crippen LogP contribution is 2.16. The Morgan fingerprint density at radius 2 is 1.45 bits per heavy atom. The number of ether oxygens (including phenoxy) is 1. The third kappa shape index (κ3) is 6.96. The van der Waals surface area contributed by atoms with E-state index in [1.54, 1.807) is 24.3 Å². The van der Waals surface area contributed by atoms with Crippen LogP contribution in [-0.2, 0) is 11.2 Å². The third-order valence-corrected chi connectivity index (χ3v) is 4.65. The van der Waals surface area contributed by atoms with E-state index in [9.17, 15) is 14.0 Å². The van der Waals surface area contributed by atoms with Crippen LogP contribution in [0.15, 0.2) is 72.8 Å². The van der Waals surface area contributed by atoms with Gasteiger partial charge in [0.1, 0.15) is 11.6 Å². The zero-order valence-electron chi connectivity index (χ0n) is 17.4. The molecule has 0 bridgehead atoms. The highest BCUT2D eigenvalue weighted by molar-refractivity contribution is 6.04. The number of amides is 2. The van der Waals surface area contributed by atoms with Gasteiger partial charge in [-0.1, -0.05) is 25.5 Å². The van der Waals surface area contributed by atoms with Crippen molar-refractivity contribution < 1.29 is 18.7 Å². The molecule has 0 aliphatic carbocycles. The van der Waals surface area contributed by atoms with Crippen LogP contribution in [0.2, 0.25) is 0 Å². The number of anilines is 2. The lowest BCUT2D eigenvalue weighted by Gasteiger charge is -2.09. The van der Waals surface area contributed by atoms with Gasteiger partial charge in [0.25, 0.3) is 11.8 Å². The fourth-order valence-electron chi connectivity index (χ4n) is 2.92. The van der Waals surface area contributed by atoms with Crippen molar-refractivity contribution >= 4 is 23.2 Å². The van der Waals surface area contributed by atoms with Crippen LogP contribution < -0.4 is 15.4 Å². The van der Waals surface area contributed by atoms with E-state index >= 15 is 0 Å². The second kappa shape index (κ2) is 10.9. The minimum Gasteiger partial charge on any atom is -0.484 e. The summed E-state index contributed by atoms with van der Waals surface area (Å²) in [6.07, 6.45) is 3.33. The third-order valence-electron chi connectivity index (χ3n) is 4.65. The van der Waals surface area contributed by atoms with Crippen molar-refractivity contribution in [3.8, 4) is 5.75 Å². The summed E-state index contributed by atoms with van der Waals surface area (Å²) in [4.78, 5) is 24.4. The van der Waals surface area contributed by atoms with Crippen LogP contribution in [0.5, 0.6) is 5.75 Å². The number of hydrogen-bond acceptors (Lipinski definition) is 3. The zero-order valence-corrected chi connectivity index (χ0v) is 17.4. The first-order chi connectivity index (χ1) is 15.0. The van der Waals surface area contributed by atoms with Crippen molar-refractivity contribution in [3.05, 3.63) is 89.7 Å². The lowest BCUT2D eigenvalue weighted by molar-refractivity contribution is -0.118. The number of aryl methyl sites for hydroxylation is 1. The Hall–Kier alpha value is -3.67. The van der Waals surface area contributed by atoms with Crippen molar-refractivity contribution in [2.45, 2.75) is 26.2 Å². The molecule has 0 aliphatic heterocycles. The molecule has 2 amide bonds. The molecule has 0 aromatic heterocycles. The normalized spacial score (nSPS) is 10.4. The van der Waals surface area contributed by atoms with Crippen molar-refractivity contribution in [2.75, 3.05) is 17.2 Å². The Bertz CT molecular complexity index is 1000. The Kier molecular flexibility index (Phi) is 7.76. The quantitative estimate of drug-likeness (QED) is 0.484. The molecule has 6 heteroatoms. The maximum absolute atomic E-state index is 12.9. The Morgan fingerprint density at radius 3 is 2.10 bits per heavy atom. The molecule has 0 unspecified atom stereocenters. The number of hydrogen-bond donors (Lipinski definition) is 2. The molecule has 0 atom stereocenters. The van der Waals surface area contributed by atoms with E-state index in [4.69, 9.17) is 4.74 Å². The largest absolute Gasteiger partial charge is 0.484 e. The second-order valence-electron chi connectivity index (χ2n) is 7.12. The molecule has 0 fully saturated rings. The minimum absolute atomic E-state index is 0.201. The summed E-state index contributed by atoms with van der Waals surface area (Å²) in [5, 5.41) is 5.49. The van der Waals surface area contributed by atoms with Crippen molar-refractivity contribution in [3.63, 3.8) is 0 Å². The van der Waals surface area contributed by atoms with Gasteiger partial charge in [0.05, 0.1) is 0 Å². The summed E-state index contributed by atoms with van der Waals surface area (Å²) in [5.74, 6) is -0.494. The average molecular weight is 420 g/mol. The second-order valence-corrected chi connectivity index (χ2v) is 7.12. The van der Waals surface area contributed by atoms with Gasteiger partial charge < -0.3 is 15.4 Å². The average Bonchev–Trinajstić information content (AvgIpc) is 2.79. The van der Waals surface area contributed by atoms with E-state index in [1.165, 1.54) is 29.8 Å². The standard InChI is InChI=1S/C25H25FN2O3/c1-2-3-4-18-5-11-22(12-6-18)28-25(30)19-7-15-23(16-8-19)31-17-24(29)27-21-13-9-20(26)10-14-21/h5-16H,2-4,17H2,1H3,(H,27,29)(H,28,30). The van der Waals surface area contributed by atoms with Gasteiger partial charge in [-0.3, -0.25) is 9.59 Å². The van der Waals surface area contributed by atoms with E-state index in [1.807, 2.05) is 24.3 Å². The maximum atomic E-state index is 12.9. The molecule has 160 valence electrons. The molecular formula is C25H25FN2O3. The number of carbonyl (C=O) groups is 2. The molecule has 0 aliphatic rings. The number of halogens is 1. The lowest BCUT2D eigenvalue weighted by atomic mass is 10.1. The fourth-order valence-corrected chi connectivity index (χ4v) is 2.92. The first kappa shape index (κ1) is 22.0. The van der Waals surface area contributed by atoms with E-state index in [0.29, 0.717) is 17.0 Å². The van der Waals surface area contributed by atoms with Gasteiger partial charge in [-0.2, -0.15) is 0 Å². The predicted molar refractivity (Wildman–Crippen MR) is 120 cm³/mol. The molecule has 2 N–H and O–H groups in total. The van der Waals surface area contributed by atoms with Crippen LogP contribution in [0.3, 0.4) is 0 Å². The summed E-state index contributed by atoms with van der Waals surface area (Å²) in [6, 6.07) is 19.9. The predicted octanol–water partition coefficient (Wildman–Crippen LogP) is 5.44. The van der Waals surface area contributed by atoms with Crippen LogP contribution in [0.25, 0.3) is 0 Å². The first-order valence-electron chi connectivity index (χ1n) is 10.2. The van der Waals surface area contributed by atoms with E-state index in [2.05, 4.69) is 17.6 Å².